The summed E-state index contributed by atoms with van der Waals surface area (Å²) >= 11 is 0. The Balaban J connectivity index is 2.01. The van der Waals surface area contributed by atoms with Crippen LogP contribution in [0.25, 0.3) is 0 Å². The van der Waals surface area contributed by atoms with Crippen LogP contribution < -0.4 is 4.90 Å². The smallest absolute Gasteiger partial charge is 0.228 e. The molecule has 0 radical (unpaired) electrons. The van der Waals surface area contributed by atoms with Gasteiger partial charge in [0, 0.05) is 31.7 Å². The Morgan fingerprint density at radius 1 is 1.32 bits per heavy atom. The molecule has 0 aliphatic carbocycles. The van der Waals surface area contributed by atoms with Gasteiger partial charge >= 0.3 is 0 Å². The van der Waals surface area contributed by atoms with Crippen molar-refractivity contribution in [3.8, 4) is 0 Å². The van der Waals surface area contributed by atoms with Crippen LogP contribution in [0.4, 0.5) is 5.69 Å². The summed E-state index contributed by atoms with van der Waals surface area (Å²) in [5, 5.41) is 0. The largest absolute Gasteiger partial charge is 0.313 e. The lowest BCUT2D eigenvalue weighted by atomic mass is 10.2. The van der Waals surface area contributed by atoms with E-state index in [1.54, 1.807) is 4.90 Å². The number of nitrogens with zero attached hydrogens (tertiary/aromatic N) is 2. The van der Waals surface area contributed by atoms with Crippen molar-refractivity contribution in [1.82, 2.24) is 4.31 Å². The molecule has 0 spiro atoms. The molecule has 1 saturated heterocycles. The van der Waals surface area contributed by atoms with Crippen LogP contribution in [-0.2, 0) is 14.8 Å². The number of carbonyl (C=O) groups excluding carboxylic acids is 1. The maximum atomic E-state index is 12.4. The zero-order chi connectivity index (χ0) is 16.2. The first-order chi connectivity index (χ1) is 10.4. The Morgan fingerprint density at radius 3 is 2.73 bits per heavy atom. The maximum Gasteiger partial charge on any atom is 0.228 e. The molecule has 6 heteroatoms. The Morgan fingerprint density at radius 2 is 2.09 bits per heavy atom. The van der Waals surface area contributed by atoms with Crippen molar-refractivity contribution in [2.75, 3.05) is 30.3 Å². The van der Waals surface area contributed by atoms with Crippen LogP contribution in [0.2, 0.25) is 0 Å². The van der Waals surface area contributed by atoms with E-state index in [4.69, 9.17) is 0 Å². The van der Waals surface area contributed by atoms with Crippen LogP contribution >= 0.6 is 0 Å². The topological polar surface area (TPSA) is 57.7 Å². The molecular weight excluding hydrogens is 300 g/mol. The highest BCUT2D eigenvalue weighted by Crippen LogP contribution is 2.18. The predicted octanol–water partition coefficient (Wildman–Crippen LogP) is 2.16. The number of sulfonamides is 1. The van der Waals surface area contributed by atoms with Gasteiger partial charge in [0.25, 0.3) is 0 Å². The van der Waals surface area contributed by atoms with Gasteiger partial charge in [-0.05, 0) is 44.4 Å². The minimum absolute atomic E-state index is 0.0335. The third-order valence-corrected chi connectivity index (χ3v) is 5.92. The highest BCUT2D eigenvalue weighted by atomic mass is 32.2. The fourth-order valence-electron chi connectivity index (χ4n) is 2.75. The summed E-state index contributed by atoms with van der Waals surface area (Å²) < 4.78 is 25.4. The minimum atomic E-state index is -3.16. The van der Waals surface area contributed by atoms with E-state index in [0.717, 1.165) is 24.1 Å². The SMILES string of the molecule is CCN(C(=O)CCN1CCCCS1(=O)=O)c1cccc(C)c1. The summed E-state index contributed by atoms with van der Waals surface area (Å²) in [4.78, 5) is 14.2. The first-order valence-corrected chi connectivity index (χ1v) is 9.40. The zero-order valence-electron chi connectivity index (χ0n) is 13.3. The number of aryl methyl sites for hydroxylation is 1. The molecule has 22 heavy (non-hydrogen) atoms. The summed E-state index contributed by atoms with van der Waals surface area (Å²) in [5.74, 6) is 0.171. The number of rotatable bonds is 5. The monoisotopic (exact) mass is 324 g/mol. The molecule has 5 nitrogen and oxygen atoms in total. The number of benzene rings is 1. The van der Waals surface area contributed by atoms with E-state index in [0.29, 0.717) is 13.1 Å². The molecule has 0 aromatic heterocycles. The van der Waals surface area contributed by atoms with Crippen molar-refractivity contribution >= 4 is 21.6 Å². The summed E-state index contributed by atoms with van der Waals surface area (Å²) in [7, 11) is -3.16. The van der Waals surface area contributed by atoms with Crippen molar-refractivity contribution in [2.45, 2.75) is 33.1 Å². The first kappa shape index (κ1) is 17.0. The lowest BCUT2D eigenvalue weighted by Crippen LogP contribution is -2.41. The molecular formula is C16H24N2O3S. The highest BCUT2D eigenvalue weighted by Gasteiger charge is 2.26. The summed E-state index contributed by atoms with van der Waals surface area (Å²) in [6.45, 7) is 5.31. The highest BCUT2D eigenvalue weighted by molar-refractivity contribution is 7.89. The van der Waals surface area contributed by atoms with Crippen molar-refractivity contribution in [3.05, 3.63) is 29.8 Å². The van der Waals surface area contributed by atoms with Gasteiger partial charge in [-0.15, -0.1) is 0 Å². The molecule has 1 aromatic rings. The molecule has 1 fully saturated rings. The third-order valence-electron chi connectivity index (χ3n) is 3.96. The molecule has 1 aliphatic heterocycles. The summed E-state index contributed by atoms with van der Waals surface area (Å²) in [5.41, 5.74) is 1.97. The van der Waals surface area contributed by atoms with Gasteiger partial charge in [-0.3, -0.25) is 4.79 Å². The van der Waals surface area contributed by atoms with E-state index in [2.05, 4.69) is 0 Å². The van der Waals surface area contributed by atoms with Gasteiger partial charge in [0.15, 0.2) is 0 Å². The molecule has 0 N–H and O–H groups in total. The van der Waals surface area contributed by atoms with Crippen LogP contribution in [0.5, 0.6) is 0 Å². The van der Waals surface area contributed by atoms with E-state index in [9.17, 15) is 13.2 Å². The molecule has 2 rings (SSSR count). The van der Waals surface area contributed by atoms with Gasteiger partial charge in [-0.25, -0.2) is 12.7 Å². The lowest BCUT2D eigenvalue weighted by Gasteiger charge is -2.27. The van der Waals surface area contributed by atoms with Gasteiger partial charge in [-0.1, -0.05) is 12.1 Å². The minimum Gasteiger partial charge on any atom is -0.313 e. The average molecular weight is 324 g/mol. The molecule has 1 aliphatic rings. The molecule has 122 valence electrons. The number of hydrogen-bond acceptors (Lipinski definition) is 3. The molecule has 0 atom stereocenters. The van der Waals surface area contributed by atoms with Crippen molar-refractivity contribution < 1.29 is 13.2 Å². The Labute approximate surface area is 133 Å². The molecule has 0 unspecified atom stereocenters. The Bertz CT molecular complexity index is 628. The van der Waals surface area contributed by atoms with Gasteiger partial charge in [0.2, 0.25) is 15.9 Å². The second-order valence-electron chi connectivity index (χ2n) is 5.65. The molecule has 1 heterocycles. The quantitative estimate of drug-likeness (QED) is 0.834. The van der Waals surface area contributed by atoms with Crippen molar-refractivity contribution in [2.24, 2.45) is 0 Å². The second kappa shape index (κ2) is 7.24. The van der Waals surface area contributed by atoms with Gasteiger partial charge in [0.1, 0.15) is 0 Å². The average Bonchev–Trinajstić information content (AvgIpc) is 2.46. The van der Waals surface area contributed by atoms with Crippen molar-refractivity contribution in [1.29, 1.82) is 0 Å². The number of amides is 1. The van der Waals surface area contributed by atoms with E-state index in [-0.39, 0.29) is 24.6 Å². The number of anilines is 1. The number of hydrogen-bond donors (Lipinski definition) is 0. The maximum absolute atomic E-state index is 12.4. The van der Waals surface area contributed by atoms with Crippen LogP contribution in [0, 0.1) is 6.92 Å². The van der Waals surface area contributed by atoms with Crippen molar-refractivity contribution in [3.63, 3.8) is 0 Å². The van der Waals surface area contributed by atoms with E-state index in [1.807, 2.05) is 38.1 Å². The van der Waals surface area contributed by atoms with Gasteiger partial charge in [0.05, 0.1) is 5.75 Å². The van der Waals surface area contributed by atoms with E-state index in [1.165, 1.54) is 4.31 Å². The lowest BCUT2D eigenvalue weighted by molar-refractivity contribution is -0.118. The summed E-state index contributed by atoms with van der Waals surface area (Å²) in [6.07, 6.45) is 1.82. The predicted molar refractivity (Wildman–Crippen MR) is 88.4 cm³/mol. The molecule has 1 amide bonds. The third kappa shape index (κ3) is 4.08. The normalized spacial score (nSPS) is 18.1. The van der Waals surface area contributed by atoms with Crippen LogP contribution in [-0.4, -0.2) is 44.0 Å². The Hall–Kier alpha value is -1.40. The molecule has 0 saturated carbocycles. The van der Waals surface area contributed by atoms with Gasteiger partial charge in [-0.2, -0.15) is 0 Å². The van der Waals surface area contributed by atoms with Crippen LogP contribution in [0.15, 0.2) is 24.3 Å². The summed E-state index contributed by atoms with van der Waals surface area (Å²) in [6, 6.07) is 7.79. The Kier molecular flexibility index (Phi) is 5.58. The van der Waals surface area contributed by atoms with Crippen LogP contribution in [0.3, 0.4) is 0 Å². The van der Waals surface area contributed by atoms with Gasteiger partial charge < -0.3 is 4.90 Å². The number of carbonyl (C=O) groups is 1. The van der Waals surface area contributed by atoms with E-state index < -0.39 is 10.0 Å². The molecule has 1 aromatic carbocycles. The fourth-order valence-corrected chi connectivity index (χ4v) is 4.35. The first-order valence-electron chi connectivity index (χ1n) is 7.79. The zero-order valence-corrected chi connectivity index (χ0v) is 14.1. The standard InChI is InChI=1S/C16H24N2O3S/c1-3-18(15-8-6-7-14(2)13-15)16(19)9-11-17-10-4-5-12-22(17,20)21/h6-8,13H,3-5,9-12H2,1-2H3. The van der Waals surface area contributed by atoms with E-state index >= 15 is 0 Å². The fraction of sp³-hybridized carbons (Fsp3) is 0.562. The molecule has 0 bridgehead atoms. The second-order valence-corrected chi connectivity index (χ2v) is 7.74. The van der Waals surface area contributed by atoms with Crippen LogP contribution in [0.1, 0.15) is 31.7 Å².